The number of thioether (sulfide) groups is 1. The number of halogens is 2. The summed E-state index contributed by atoms with van der Waals surface area (Å²) in [5, 5.41) is 1.71. The summed E-state index contributed by atoms with van der Waals surface area (Å²) in [6, 6.07) is 11.7. The summed E-state index contributed by atoms with van der Waals surface area (Å²) < 4.78 is 29.5. The van der Waals surface area contributed by atoms with Crippen molar-refractivity contribution in [3.05, 3.63) is 59.3 Å². The maximum atomic E-state index is 12.5. The predicted octanol–water partition coefficient (Wildman–Crippen LogP) is 5.13. The summed E-state index contributed by atoms with van der Waals surface area (Å²) in [6.45, 7) is -1.77. The molecule has 1 atom stereocenters. The van der Waals surface area contributed by atoms with Crippen LogP contribution in [-0.4, -0.2) is 42.4 Å². The van der Waals surface area contributed by atoms with Crippen molar-refractivity contribution >= 4 is 22.7 Å². The molecule has 0 aliphatic heterocycles. The highest BCUT2D eigenvalue weighted by Gasteiger charge is 2.24. The predicted molar refractivity (Wildman–Crippen MR) is 111 cm³/mol. The van der Waals surface area contributed by atoms with Crippen LogP contribution in [0.1, 0.15) is 16.7 Å². The Bertz CT molecular complexity index is 970. The van der Waals surface area contributed by atoms with E-state index in [4.69, 9.17) is 0 Å². The molecule has 2 aromatic carbocycles. The van der Waals surface area contributed by atoms with E-state index in [0.29, 0.717) is 5.25 Å². The Balaban J connectivity index is 1.53. The molecular formula is C22H24F2N2OS. The van der Waals surface area contributed by atoms with Gasteiger partial charge in [0.2, 0.25) is 0 Å². The van der Waals surface area contributed by atoms with Crippen LogP contribution in [-0.2, 0) is 19.3 Å². The number of likely N-dealkylation sites (N-methyl/N-ethyl adjacent to an activating group) is 1. The van der Waals surface area contributed by atoms with Crippen molar-refractivity contribution in [2.45, 2.75) is 36.0 Å². The number of rotatable bonds is 7. The average molecular weight is 403 g/mol. The number of alkyl halides is 2. The molecule has 3 nitrogen and oxygen atoms in total. The number of nitrogens with one attached hydrogen (secondary N) is 1. The maximum absolute atomic E-state index is 12.5. The van der Waals surface area contributed by atoms with E-state index in [2.05, 4.69) is 53.1 Å². The fraction of sp³-hybridized carbons (Fsp3) is 0.364. The highest BCUT2D eigenvalue weighted by molar-refractivity contribution is 8.00. The lowest BCUT2D eigenvalue weighted by Gasteiger charge is -2.12. The average Bonchev–Trinajstić information content (AvgIpc) is 3.23. The first-order chi connectivity index (χ1) is 13.5. The van der Waals surface area contributed by atoms with Crippen molar-refractivity contribution in [1.82, 2.24) is 9.88 Å². The van der Waals surface area contributed by atoms with Crippen LogP contribution in [0.25, 0.3) is 10.9 Å². The molecule has 0 bridgehead atoms. The second-order valence-electron chi connectivity index (χ2n) is 7.50. The minimum atomic E-state index is -2.78. The quantitative estimate of drug-likeness (QED) is 0.594. The number of H-pyrrole nitrogens is 1. The summed E-state index contributed by atoms with van der Waals surface area (Å²) in [5.41, 5.74) is 4.86. The van der Waals surface area contributed by atoms with E-state index in [9.17, 15) is 8.78 Å². The lowest BCUT2D eigenvalue weighted by molar-refractivity contribution is -0.0498. The van der Waals surface area contributed by atoms with E-state index < -0.39 is 6.61 Å². The Morgan fingerprint density at radius 2 is 2.00 bits per heavy atom. The van der Waals surface area contributed by atoms with Crippen molar-refractivity contribution in [2.24, 2.45) is 0 Å². The molecule has 1 heterocycles. The molecule has 0 saturated heterocycles. The van der Waals surface area contributed by atoms with Gasteiger partial charge in [-0.2, -0.15) is 8.78 Å². The molecule has 4 rings (SSSR count). The van der Waals surface area contributed by atoms with E-state index in [-0.39, 0.29) is 5.75 Å². The Morgan fingerprint density at radius 1 is 1.18 bits per heavy atom. The SMILES string of the molecule is CN(C)CCc1c[nH]c2cccc(SC3Cc4ccc(OC(F)F)cc4C3)c12. The zero-order valence-corrected chi connectivity index (χ0v) is 16.9. The first-order valence-electron chi connectivity index (χ1n) is 9.46. The molecule has 0 spiro atoms. The van der Waals surface area contributed by atoms with Crippen LogP contribution in [0.15, 0.2) is 47.5 Å². The zero-order valence-electron chi connectivity index (χ0n) is 16.0. The van der Waals surface area contributed by atoms with Gasteiger partial charge in [-0.3, -0.25) is 0 Å². The number of ether oxygens (including phenoxy) is 1. The van der Waals surface area contributed by atoms with Crippen LogP contribution in [0.3, 0.4) is 0 Å². The van der Waals surface area contributed by atoms with Gasteiger partial charge in [0.1, 0.15) is 5.75 Å². The first kappa shape index (κ1) is 19.3. The summed E-state index contributed by atoms with van der Waals surface area (Å²) in [4.78, 5) is 6.88. The van der Waals surface area contributed by atoms with Crippen molar-refractivity contribution < 1.29 is 13.5 Å². The molecule has 148 valence electrons. The van der Waals surface area contributed by atoms with Gasteiger partial charge in [-0.05, 0) is 74.3 Å². The highest BCUT2D eigenvalue weighted by Crippen LogP contribution is 2.39. The molecule has 0 saturated carbocycles. The first-order valence-corrected chi connectivity index (χ1v) is 10.3. The second-order valence-corrected chi connectivity index (χ2v) is 8.85. The normalized spacial score (nSPS) is 16.3. The second kappa shape index (κ2) is 8.13. The van der Waals surface area contributed by atoms with E-state index >= 15 is 0 Å². The fourth-order valence-electron chi connectivity index (χ4n) is 3.85. The van der Waals surface area contributed by atoms with Gasteiger partial charge in [0.25, 0.3) is 0 Å². The molecule has 1 aromatic heterocycles. The standard InChI is InChI=1S/C22H24F2N2OS/c1-26(2)9-8-15-13-25-19-4-3-5-20(21(15)19)28-18-11-14-6-7-17(27-22(23)24)10-16(14)12-18/h3-7,10,13,18,22,25H,8-9,11-12H2,1-2H3. The van der Waals surface area contributed by atoms with Crippen molar-refractivity contribution in [2.75, 3.05) is 20.6 Å². The topological polar surface area (TPSA) is 28.3 Å². The van der Waals surface area contributed by atoms with Gasteiger partial charge in [-0.25, -0.2) is 0 Å². The molecule has 0 amide bonds. The van der Waals surface area contributed by atoms with Gasteiger partial charge in [-0.1, -0.05) is 12.1 Å². The molecule has 0 radical (unpaired) electrons. The zero-order chi connectivity index (χ0) is 19.7. The third-order valence-electron chi connectivity index (χ3n) is 5.17. The smallest absolute Gasteiger partial charge is 0.387 e. The van der Waals surface area contributed by atoms with E-state index in [1.807, 2.05) is 17.8 Å². The fourth-order valence-corrected chi connectivity index (χ4v) is 5.25. The molecule has 28 heavy (non-hydrogen) atoms. The number of aromatic nitrogens is 1. The third-order valence-corrected chi connectivity index (χ3v) is 6.43. The van der Waals surface area contributed by atoms with Crippen molar-refractivity contribution in [3.63, 3.8) is 0 Å². The molecule has 1 aliphatic rings. The van der Waals surface area contributed by atoms with E-state index in [1.165, 1.54) is 26.9 Å². The number of hydrogen-bond donors (Lipinski definition) is 1. The van der Waals surface area contributed by atoms with Crippen molar-refractivity contribution in [3.8, 4) is 5.75 Å². The lowest BCUT2D eigenvalue weighted by Crippen LogP contribution is -2.14. The monoisotopic (exact) mass is 402 g/mol. The molecule has 3 aromatic rings. The van der Waals surface area contributed by atoms with Gasteiger partial charge in [0.15, 0.2) is 0 Å². The number of hydrogen-bond acceptors (Lipinski definition) is 3. The van der Waals surface area contributed by atoms with Gasteiger partial charge < -0.3 is 14.6 Å². The minimum absolute atomic E-state index is 0.248. The van der Waals surface area contributed by atoms with Gasteiger partial charge in [0.05, 0.1) is 0 Å². The Labute approximate surface area is 168 Å². The Kier molecular flexibility index (Phi) is 5.60. The molecule has 1 unspecified atom stereocenters. The van der Waals surface area contributed by atoms with Gasteiger partial charge in [0, 0.05) is 33.8 Å². The molecule has 1 aliphatic carbocycles. The lowest BCUT2D eigenvalue weighted by atomic mass is 10.1. The van der Waals surface area contributed by atoms with E-state index in [0.717, 1.165) is 31.4 Å². The largest absolute Gasteiger partial charge is 0.435 e. The number of aromatic amines is 1. The van der Waals surface area contributed by atoms with Crippen LogP contribution in [0.5, 0.6) is 5.75 Å². The molecule has 1 N–H and O–H groups in total. The summed E-state index contributed by atoms with van der Waals surface area (Å²) in [6.07, 6.45) is 4.94. The van der Waals surface area contributed by atoms with Gasteiger partial charge >= 0.3 is 6.61 Å². The minimum Gasteiger partial charge on any atom is -0.435 e. The van der Waals surface area contributed by atoms with Crippen LogP contribution < -0.4 is 4.74 Å². The molecular weight excluding hydrogens is 378 g/mol. The summed E-state index contributed by atoms with van der Waals surface area (Å²) in [7, 11) is 4.18. The summed E-state index contributed by atoms with van der Waals surface area (Å²) >= 11 is 1.89. The number of nitrogens with zero attached hydrogens (tertiary/aromatic N) is 1. The summed E-state index contributed by atoms with van der Waals surface area (Å²) in [5.74, 6) is 0.248. The Morgan fingerprint density at radius 3 is 2.79 bits per heavy atom. The number of benzene rings is 2. The van der Waals surface area contributed by atoms with Crippen LogP contribution in [0.2, 0.25) is 0 Å². The van der Waals surface area contributed by atoms with Crippen LogP contribution in [0.4, 0.5) is 8.78 Å². The van der Waals surface area contributed by atoms with Gasteiger partial charge in [-0.15, -0.1) is 11.8 Å². The maximum Gasteiger partial charge on any atom is 0.387 e. The van der Waals surface area contributed by atoms with E-state index in [1.54, 1.807) is 12.1 Å². The Hall–Kier alpha value is -2.05. The van der Waals surface area contributed by atoms with Crippen LogP contribution in [0, 0.1) is 0 Å². The third kappa shape index (κ3) is 4.18. The molecule has 0 fully saturated rings. The van der Waals surface area contributed by atoms with Crippen molar-refractivity contribution in [1.29, 1.82) is 0 Å². The number of fused-ring (bicyclic) bond motifs is 2. The highest BCUT2D eigenvalue weighted by atomic mass is 32.2. The van der Waals surface area contributed by atoms with Crippen LogP contribution >= 0.6 is 11.8 Å². The molecule has 6 heteroatoms.